The average molecular weight is 271 g/mol. The summed E-state index contributed by atoms with van der Waals surface area (Å²) in [5.41, 5.74) is 1.75. The van der Waals surface area contributed by atoms with Gasteiger partial charge in [-0.05, 0) is 12.1 Å². The van der Waals surface area contributed by atoms with Crippen LogP contribution in [0.2, 0.25) is 0 Å². The van der Waals surface area contributed by atoms with Gasteiger partial charge in [0, 0.05) is 5.56 Å². The lowest BCUT2D eigenvalue weighted by atomic mass is 10.2. The van der Waals surface area contributed by atoms with Gasteiger partial charge < -0.3 is 9.97 Å². The van der Waals surface area contributed by atoms with E-state index >= 15 is 0 Å². The lowest BCUT2D eigenvalue weighted by Gasteiger charge is -2.04. The van der Waals surface area contributed by atoms with Gasteiger partial charge in [-0.1, -0.05) is 30.4 Å². The van der Waals surface area contributed by atoms with Gasteiger partial charge in [-0.15, -0.1) is 0 Å². The molecule has 0 unspecified atom stereocenters. The van der Waals surface area contributed by atoms with Crippen molar-refractivity contribution in [3.05, 3.63) is 46.9 Å². The second kappa shape index (κ2) is 4.62. The Kier molecular flexibility index (Phi) is 2.81. The van der Waals surface area contributed by atoms with Gasteiger partial charge in [0.1, 0.15) is 5.52 Å². The number of H-pyrrole nitrogens is 2. The maximum Gasteiger partial charge on any atom is 0.257 e. The lowest BCUT2D eigenvalue weighted by molar-refractivity contribution is 0.102. The third-order valence-corrected chi connectivity index (χ3v) is 2.87. The van der Waals surface area contributed by atoms with Gasteiger partial charge in [-0.25, -0.2) is 9.97 Å². The minimum Gasteiger partial charge on any atom is -0.341 e. The minimum absolute atomic E-state index is 0.256. The van der Waals surface area contributed by atoms with Crippen LogP contribution < -0.4 is 5.32 Å². The summed E-state index contributed by atoms with van der Waals surface area (Å²) in [7, 11) is 0. The highest BCUT2D eigenvalue weighted by molar-refractivity contribution is 7.71. The molecule has 3 aromatic rings. The standard InChI is InChI=1S/C12H9N5OS/c18-10(7-4-2-1-3-5-7)16-12-15-9-8(11(19)17-12)13-6-14-9/h1-6H,(H3,13,14,15,16,17,18,19). The van der Waals surface area contributed by atoms with Gasteiger partial charge in [-0.3, -0.25) is 10.1 Å². The van der Waals surface area contributed by atoms with Crippen LogP contribution in [0, 0.1) is 4.64 Å². The van der Waals surface area contributed by atoms with Crippen molar-refractivity contribution in [2.45, 2.75) is 0 Å². The van der Waals surface area contributed by atoms with Gasteiger partial charge in [0.05, 0.1) is 6.33 Å². The molecule has 0 aliphatic rings. The number of hydrogen-bond donors (Lipinski definition) is 3. The average Bonchev–Trinajstić information content (AvgIpc) is 2.88. The van der Waals surface area contributed by atoms with E-state index in [-0.39, 0.29) is 11.9 Å². The van der Waals surface area contributed by atoms with E-state index in [1.54, 1.807) is 24.3 Å². The predicted molar refractivity (Wildman–Crippen MR) is 73.5 cm³/mol. The third-order valence-electron chi connectivity index (χ3n) is 2.57. The van der Waals surface area contributed by atoms with Gasteiger partial charge in [-0.2, -0.15) is 0 Å². The topological polar surface area (TPSA) is 86.5 Å². The van der Waals surface area contributed by atoms with Gasteiger partial charge in [0.25, 0.3) is 5.91 Å². The number of anilines is 1. The Morgan fingerprint density at radius 1 is 1.26 bits per heavy atom. The minimum atomic E-state index is -0.256. The van der Waals surface area contributed by atoms with E-state index in [1.165, 1.54) is 6.33 Å². The van der Waals surface area contributed by atoms with E-state index in [0.29, 0.717) is 21.4 Å². The highest BCUT2D eigenvalue weighted by Gasteiger charge is 2.08. The van der Waals surface area contributed by atoms with Crippen LogP contribution in [-0.2, 0) is 0 Å². The number of imidazole rings is 1. The van der Waals surface area contributed by atoms with Crippen molar-refractivity contribution in [2.24, 2.45) is 0 Å². The zero-order valence-corrected chi connectivity index (χ0v) is 10.5. The van der Waals surface area contributed by atoms with E-state index in [9.17, 15) is 4.79 Å². The molecule has 0 radical (unpaired) electrons. The number of carbonyl (C=O) groups is 1. The van der Waals surface area contributed by atoms with Crippen molar-refractivity contribution < 1.29 is 4.79 Å². The Morgan fingerprint density at radius 2 is 2.05 bits per heavy atom. The molecule has 0 aliphatic heterocycles. The van der Waals surface area contributed by atoms with Gasteiger partial charge in [0.15, 0.2) is 10.3 Å². The molecule has 0 atom stereocenters. The summed E-state index contributed by atoms with van der Waals surface area (Å²) in [6, 6.07) is 8.87. The van der Waals surface area contributed by atoms with Crippen LogP contribution in [0.25, 0.3) is 11.2 Å². The van der Waals surface area contributed by atoms with Crippen LogP contribution >= 0.6 is 12.2 Å². The molecule has 0 aliphatic carbocycles. The quantitative estimate of drug-likeness (QED) is 0.624. The number of carbonyl (C=O) groups excluding carboxylic acids is 1. The van der Waals surface area contributed by atoms with Crippen molar-refractivity contribution in [1.29, 1.82) is 0 Å². The Labute approximate surface area is 112 Å². The zero-order chi connectivity index (χ0) is 13.2. The predicted octanol–water partition coefficient (Wildman–Crippen LogP) is 2.27. The first-order valence-corrected chi connectivity index (χ1v) is 5.94. The molecule has 6 nitrogen and oxygen atoms in total. The second-order valence-corrected chi connectivity index (χ2v) is 4.22. The number of aromatic nitrogens is 4. The van der Waals surface area contributed by atoms with Crippen molar-refractivity contribution in [2.75, 3.05) is 5.32 Å². The Hall–Kier alpha value is -2.54. The maximum atomic E-state index is 12.0. The molecular formula is C12H9N5OS. The number of rotatable bonds is 2. The smallest absolute Gasteiger partial charge is 0.257 e. The Bertz CT molecular complexity index is 792. The molecule has 0 saturated carbocycles. The number of benzene rings is 1. The van der Waals surface area contributed by atoms with Crippen LogP contribution in [0.3, 0.4) is 0 Å². The Balaban J connectivity index is 1.93. The Morgan fingerprint density at radius 3 is 2.84 bits per heavy atom. The first-order chi connectivity index (χ1) is 9.24. The molecule has 3 rings (SSSR count). The number of nitrogens with zero attached hydrogens (tertiary/aromatic N) is 2. The first-order valence-electron chi connectivity index (χ1n) is 5.54. The summed E-state index contributed by atoms with van der Waals surface area (Å²) in [5.74, 6) is 0.0205. The first kappa shape index (κ1) is 11.5. The molecular weight excluding hydrogens is 262 g/mol. The molecule has 1 aromatic carbocycles. The summed E-state index contributed by atoms with van der Waals surface area (Å²) in [6.45, 7) is 0. The molecule has 2 heterocycles. The molecule has 7 heteroatoms. The third kappa shape index (κ3) is 2.23. The molecule has 3 N–H and O–H groups in total. The molecule has 2 aromatic heterocycles. The molecule has 19 heavy (non-hydrogen) atoms. The molecule has 94 valence electrons. The van der Waals surface area contributed by atoms with Crippen LogP contribution in [0.4, 0.5) is 5.95 Å². The fourth-order valence-electron chi connectivity index (χ4n) is 1.68. The fourth-order valence-corrected chi connectivity index (χ4v) is 1.92. The van der Waals surface area contributed by atoms with E-state index in [1.807, 2.05) is 6.07 Å². The van der Waals surface area contributed by atoms with Crippen molar-refractivity contribution in [1.82, 2.24) is 19.9 Å². The van der Waals surface area contributed by atoms with Crippen LogP contribution in [-0.4, -0.2) is 25.8 Å². The van der Waals surface area contributed by atoms with E-state index < -0.39 is 0 Å². The van der Waals surface area contributed by atoms with Crippen molar-refractivity contribution >= 4 is 35.2 Å². The molecule has 1 amide bonds. The number of hydrogen-bond acceptors (Lipinski definition) is 4. The number of nitrogens with one attached hydrogen (secondary N) is 3. The molecule has 0 fully saturated rings. The summed E-state index contributed by atoms with van der Waals surface area (Å²) in [4.78, 5) is 25.9. The highest BCUT2D eigenvalue weighted by atomic mass is 32.1. The monoisotopic (exact) mass is 271 g/mol. The number of fused-ring (bicyclic) bond motifs is 1. The summed E-state index contributed by atoms with van der Waals surface area (Å²) < 4.78 is 0.356. The largest absolute Gasteiger partial charge is 0.341 e. The summed E-state index contributed by atoms with van der Waals surface area (Å²) in [6.07, 6.45) is 1.52. The highest BCUT2D eigenvalue weighted by Crippen LogP contribution is 2.10. The fraction of sp³-hybridized carbons (Fsp3) is 0. The molecule has 0 spiro atoms. The van der Waals surface area contributed by atoms with Crippen LogP contribution in [0.1, 0.15) is 10.4 Å². The SMILES string of the molecule is O=C(Nc1nc(=S)c2[nH]cnc2[nH]1)c1ccccc1. The zero-order valence-electron chi connectivity index (χ0n) is 9.68. The van der Waals surface area contributed by atoms with Gasteiger partial charge >= 0.3 is 0 Å². The van der Waals surface area contributed by atoms with Crippen molar-refractivity contribution in [3.8, 4) is 0 Å². The molecule has 0 saturated heterocycles. The van der Waals surface area contributed by atoms with Crippen LogP contribution in [0.15, 0.2) is 36.7 Å². The van der Waals surface area contributed by atoms with E-state index in [0.717, 1.165) is 0 Å². The number of amides is 1. The summed E-state index contributed by atoms with van der Waals surface area (Å²) in [5, 5.41) is 2.65. The second-order valence-electron chi connectivity index (χ2n) is 3.84. The maximum absolute atomic E-state index is 12.0. The van der Waals surface area contributed by atoms with E-state index in [4.69, 9.17) is 12.2 Å². The van der Waals surface area contributed by atoms with Crippen LogP contribution in [0.5, 0.6) is 0 Å². The van der Waals surface area contributed by atoms with Gasteiger partial charge in [0.2, 0.25) is 5.95 Å². The normalized spacial score (nSPS) is 10.5. The summed E-state index contributed by atoms with van der Waals surface area (Å²) >= 11 is 5.11. The van der Waals surface area contributed by atoms with E-state index in [2.05, 4.69) is 25.3 Å². The molecule has 0 bridgehead atoms. The lowest BCUT2D eigenvalue weighted by Crippen LogP contribution is -2.14. The number of aromatic amines is 2. The van der Waals surface area contributed by atoms with Crippen molar-refractivity contribution in [3.63, 3.8) is 0 Å².